The van der Waals surface area contributed by atoms with Gasteiger partial charge in [-0.1, -0.05) is 0 Å². The van der Waals surface area contributed by atoms with E-state index in [1.165, 1.54) is 11.8 Å². The van der Waals surface area contributed by atoms with E-state index in [2.05, 4.69) is 4.72 Å². The van der Waals surface area contributed by atoms with Gasteiger partial charge in [0, 0.05) is 5.75 Å². The number of ether oxygens (including phenoxy) is 1. The quantitative estimate of drug-likeness (QED) is 0.439. The van der Waals surface area contributed by atoms with E-state index in [1.54, 1.807) is 6.92 Å². The van der Waals surface area contributed by atoms with Crippen LogP contribution in [0.2, 0.25) is 0 Å². The fourth-order valence-electron chi connectivity index (χ4n) is 1.04. The van der Waals surface area contributed by atoms with Crippen LogP contribution in [-0.2, 0) is 19.6 Å². The first-order chi connectivity index (χ1) is 7.90. The summed E-state index contributed by atoms with van der Waals surface area (Å²) in [6.45, 7) is 2.49. The summed E-state index contributed by atoms with van der Waals surface area (Å²) < 4.78 is 29.2. The molecule has 0 radical (unpaired) electrons. The van der Waals surface area contributed by atoms with E-state index in [0.717, 1.165) is 18.4 Å². The second-order valence-electron chi connectivity index (χ2n) is 3.41. The van der Waals surface area contributed by atoms with Crippen LogP contribution >= 0.6 is 11.8 Å². The van der Waals surface area contributed by atoms with Crippen molar-refractivity contribution in [3.63, 3.8) is 0 Å². The molecule has 1 atom stereocenters. The molecule has 0 aromatic rings. The predicted octanol–water partition coefficient (Wildman–Crippen LogP) is -0.451. The van der Waals surface area contributed by atoms with Gasteiger partial charge in [-0.25, -0.2) is 13.1 Å². The summed E-state index contributed by atoms with van der Waals surface area (Å²) in [7, 11) is -3.42. The Morgan fingerprint density at radius 3 is 2.65 bits per heavy atom. The summed E-state index contributed by atoms with van der Waals surface area (Å²) in [6, 6.07) is -0.826. The van der Waals surface area contributed by atoms with E-state index in [1.807, 2.05) is 0 Å². The van der Waals surface area contributed by atoms with Crippen LogP contribution < -0.4 is 10.5 Å². The highest BCUT2D eigenvalue weighted by molar-refractivity contribution is 7.99. The van der Waals surface area contributed by atoms with Gasteiger partial charge in [-0.05, 0) is 25.6 Å². The molecule has 3 N–H and O–H groups in total. The first-order valence-corrected chi connectivity index (χ1v) is 8.37. The predicted molar refractivity (Wildman–Crippen MR) is 69.4 cm³/mol. The number of carbonyl (C=O) groups excluding carboxylic acids is 1. The monoisotopic (exact) mass is 284 g/mol. The van der Waals surface area contributed by atoms with Crippen LogP contribution in [0, 0.1) is 0 Å². The highest BCUT2D eigenvalue weighted by atomic mass is 32.2. The number of hydrogen-bond donors (Lipinski definition) is 2. The normalized spacial score (nSPS) is 13.4. The van der Waals surface area contributed by atoms with E-state index < -0.39 is 22.0 Å². The van der Waals surface area contributed by atoms with Gasteiger partial charge in [-0.2, -0.15) is 11.8 Å². The molecule has 17 heavy (non-hydrogen) atoms. The number of sulfonamides is 1. The summed E-state index contributed by atoms with van der Waals surface area (Å²) in [5, 5.41) is 0. The molecule has 0 aliphatic heterocycles. The molecule has 0 amide bonds. The summed E-state index contributed by atoms with van der Waals surface area (Å²) in [6.07, 6.45) is 1.85. The van der Waals surface area contributed by atoms with Gasteiger partial charge in [0.1, 0.15) is 6.04 Å². The molecule has 1 unspecified atom stereocenters. The van der Waals surface area contributed by atoms with Crippen molar-refractivity contribution in [3.05, 3.63) is 0 Å². The van der Waals surface area contributed by atoms with Crippen molar-refractivity contribution in [3.8, 4) is 0 Å². The number of rotatable bonds is 9. The first-order valence-electron chi connectivity index (χ1n) is 5.32. The Morgan fingerprint density at radius 2 is 2.18 bits per heavy atom. The zero-order valence-electron chi connectivity index (χ0n) is 10.1. The Hall–Kier alpha value is -0.310. The molecule has 0 saturated heterocycles. The van der Waals surface area contributed by atoms with Gasteiger partial charge in [0.15, 0.2) is 0 Å². The van der Waals surface area contributed by atoms with E-state index in [9.17, 15) is 13.2 Å². The Morgan fingerprint density at radius 1 is 1.53 bits per heavy atom. The Bertz CT molecular complexity index is 319. The topological polar surface area (TPSA) is 98.5 Å². The van der Waals surface area contributed by atoms with Crippen LogP contribution in [0.1, 0.15) is 13.3 Å². The Kier molecular flexibility index (Phi) is 8.57. The fraction of sp³-hybridized carbons (Fsp3) is 0.889. The van der Waals surface area contributed by atoms with Crippen molar-refractivity contribution in [1.29, 1.82) is 0 Å². The molecule has 0 spiro atoms. The number of nitrogens with one attached hydrogen (secondary N) is 1. The first kappa shape index (κ1) is 16.7. The maximum absolute atomic E-state index is 11.5. The molecule has 0 saturated carbocycles. The van der Waals surface area contributed by atoms with Crippen LogP contribution in [0.15, 0.2) is 0 Å². The summed E-state index contributed by atoms with van der Waals surface area (Å²) in [5.41, 5.74) is 5.34. The summed E-state index contributed by atoms with van der Waals surface area (Å²) in [5.74, 6) is 0.599. The van der Waals surface area contributed by atoms with Gasteiger partial charge in [0.2, 0.25) is 10.0 Å². The van der Waals surface area contributed by atoms with Crippen molar-refractivity contribution < 1.29 is 17.9 Å². The lowest BCUT2D eigenvalue weighted by atomic mass is 10.4. The maximum Gasteiger partial charge on any atom is 0.325 e. The molecular formula is C9H20N2O4S2. The van der Waals surface area contributed by atoms with Crippen LogP contribution in [0.4, 0.5) is 0 Å². The molecule has 0 fully saturated rings. The lowest BCUT2D eigenvalue weighted by Gasteiger charge is -2.15. The lowest BCUT2D eigenvalue weighted by molar-refractivity contribution is -0.144. The minimum atomic E-state index is -3.42. The Balaban J connectivity index is 4.25. The molecule has 0 bridgehead atoms. The van der Waals surface area contributed by atoms with Crippen molar-refractivity contribution in [2.45, 2.75) is 19.4 Å². The standard InChI is InChI=1S/C9H20N2O4S2/c1-3-15-9(12)8(11-17(2,13)14)7-16-6-4-5-10/h8,11H,3-7,10H2,1-2H3. The van der Waals surface area contributed by atoms with E-state index >= 15 is 0 Å². The number of thioether (sulfide) groups is 1. The molecule has 0 aliphatic rings. The van der Waals surface area contributed by atoms with Gasteiger partial charge in [-0.3, -0.25) is 4.79 Å². The van der Waals surface area contributed by atoms with Gasteiger partial charge >= 0.3 is 5.97 Å². The van der Waals surface area contributed by atoms with Crippen LogP contribution in [0.25, 0.3) is 0 Å². The van der Waals surface area contributed by atoms with E-state index in [0.29, 0.717) is 12.3 Å². The van der Waals surface area contributed by atoms with Gasteiger partial charge in [-0.15, -0.1) is 0 Å². The minimum absolute atomic E-state index is 0.230. The number of esters is 1. The van der Waals surface area contributed by atoms with Crippen molar-refractivity contribution in [1.82, 2.24) is 4.72 Å². The third-order valence-electron chi connectivity index (χ3n) is 1.70. The van der Waals surface area contributed by atoms with Crippen LogP contribution in [0.5, 0.6) is 0 Å². The molecule has 6 nitrogen and oxygen atoms in total. The van der Waals surface area contributed by atoms with Crippen LogP contribution in [0.3, 0.4) is 0 Å². The molecule has 8 heteroatoms. The fourth-order valence-corrected chi connectivity index (χ4v) is 2.83. The molecule has 0 aromatic carbocycles. The molecule has 0 rings (SSSR count). The smallest absolute Gasteiger partial charge is 0.325 e. The molecular weight excluding hydrogens is 264 g/mol. The highest BCUT2D eigenvalue weighted by Crippen LogP contribution is 2.06. The summed E-state index contributed by atoms with van der Waals surface area (Å²) >= 11 is 1.47. The van der Waals surface area contributed by atoms with E-state index in [-0.39, 0.29) is 6.61 Å². The molecule has 0 aliphatic carbocycles. The van der Waals surface area contributed by atoms with Gasteiger partial charge in [0.25, 0.3) is 0 Å². The second kappa shape index (κ2) is 8.73. The third-order valence-corrected chi connectivity index (χ3v) is 3.56. The lowest BCUT2D eigenvalue weighted by Crippen LogP contribution is -2.43. The maximum atomic E-state index is 11.5. The third kappa shape index (κ3) is 9.40. The van der Waals surface area contributed by atoms with Crippen molar-refractivity contribution in [2.24, 2.45) is 5.73 Å². The van der Waals surface area contributed by atoms with Crippen molar-refractivity contribution >= 4 is 27.8 Å². The highest BCUT2D eigenvalue weighted by Gasteiger charge is 2.22. The zero-order chi connectivity index (χ0) is 13.3. The molecule has 102 valence electrons. The average molecular weight is 284 g/mol. The van der Waals surface area contributed by atoms with Crippen molar-refractivity contribution in [2.75, 3.05) is 30.9 Å². The van der Waals surface area contributed by atoms with Gasteiger partial charge in [0.05, 0.1) is 12.9 Å². The van der Waals surface area contributed by atoms with E-state index in [4.69, 9.17) is 10.5 Å². The second-order valence-corrected chi connectivity index (χ2v) is 6.34. The zero-order valence-corrected chi connectivity index (χ0v) is 11.8. The average Bonchev–Trinajstić information content (AvgIpc) is 2.21. The van der Waals surface area contributed by atoms with Crippen LogP contribution in [-0.4, -0.2) is 51.3 Å². The number of nitrogens with two attached hydrogens (primary N) is 1. The van der Waals surface area contributed by atoms with Gasteiger partial charge < -0.3 is 10.5 Å². The number of hydrogen-bond acceptors (Lipinski definition) is 6. The molecule has 0 aromatic heterocycles. The SMILES string of the molecule is CCOC(=O)C(CSCCCN)NS(C)(=O)=O. The largest absolute Gasteiger partial charge is 0.465 e. The number of carbonyl (C=O) groups is 1. The minimum Gasteiger partial charge on any atom is -0.465 e. The Labute approximate surface area is 107 Å². The molecule has 0 heterocycles. The summed E-state index contributed by atoms with van der Waals surface area (Å²) in [4.78, 5) is 11.5.